The van der Waals surface area contributed by atoms with E-state index in [1.807, 2.05) is 30.3 Å². The van der Waals surface area contributed by atoms with Crippen molar-refractivity contribution in [1.29, 1.82) is 0 Å². The predicted molar refractivity (Wildman–Crippen MR) is 93.4 cm³/mol. The van der Waals surface area contributed by atoms with Crippen LogP contribution in [0.3, 0.4) is 0 Å². The summed E-state index contributed by atoms with van der Waals surface area (Å²) >= 11 is 0. The number of nitrogens with one attached hydrogen (secondary N) is 2. The van der Waals surface area contributed by atoms with Crippen LogP contribution in [0.4, 0.5) is 14.9 Å². The molecule has 1 heterocycles. The molecule has 1 atom stereocenters. The zero-order valence-electron chi connectivity index (χ0n) is 13.7. The SMILES string of the molecule is O=C(Nc1ccccc1F)[C@H]1CCCN1C(=O)NCc1ccccc1. The molecule has 3 rings (SSSR count). The van der Waals surface area contributed by atoms with Crippen molar-refractivity contribution in [2.75, 3.05) is 11.9 Å². The Morgan fingerprint density at radius 3 is 2.56 bits per heavy atom. The topological polar surface area (TPSA) is 61.4 Å². The second-order valence-electron chi connectivity index (χ2n) is 5.96. The Morgan fingerprint density at radius 2 is 1.80 bits per heavy atom. The van der Waals surface area contributed by atoms with E-state index in [9.17, 15) is 14.0 Å². The van der Waals surface area contributed by atoms with Crippen molar-refractivity contribution in [3.63, 3.8) is 0 Å². The van der Waals surface area contributed by atoms with Crippen LogP contribution in [0.15, 0.2) is 54.6 Å². The first-order valence-corrected chi connectivity index (χ1v) is 8.29. The van der Waals surface area contributed by atoms with Gasteiger partial charge in [0, 0.05) is 13.1 Å². The highest BCUT2D eigenvalue weighted by atomic mass is 19.1. The van der Waals surface area contributed by atoms with Gasteiger partial charge in [-0.25, -0.2) is 9.18 Å². The number of carbonyl (C=O) groups excluding carboxylic acids is 2. The number of benzene rings is 2. The van der Waals surface area contributed by atoms with Gasteiger partial charge < -0.3 is 15.5 Å². The first kappa shape index (κ1) is 17.0. The second kappa shape index (κ2) is 7.79. The normalized spacial score (nSPS) is 16.5. The maximum Gasteiger partial charge on any atom is 0.318 e. The molecule has 0 unspecified atom stereocenters. The Morgan fingerprint density at radius 1 is 1.08 bits per heavy atom. The van der Waals surface area contributed by atoms with E-state index in [0.717, 1.165) is 12.0 Å². The minimum absolute atomic E-state index is 0.129. The molecule has 130 valence electrons. The molecule has 25 heavy (non-hydrogen) atoms. The first-order chi connectivity index (χ1) is 12.1. The fraction of sp³-hybridized carbons (Fsp3) is 0.263. The zero-order valence-corrected chi connectivity index (χ0v) is 13.7. The molecule has 6 heteroatoms. The Balaban J connectivity index is 1.60. The monoisotopic (exact) mass is 341 g/mol. The summed E-state index contributed by atoms with van der Waals surface area (Å²) in [5.74, 6) is -0.855. The van der Waals surface area contributed by atoms with Crippen LogP contribution in [0.1, 0.15) is 18.4 Å². The summed E-state index contributed by atoms with van der Waals surface area (Å²) in [5.41, 5.74) is 1.12. The molecule has 1 aliphatic heterocycles. The molecule has 5 nitrogen and oxygen atoms in total. The minimum Gasteiger partial charge on any atom is -0.334 e. The summed E-state index contributed by atoms with van der Waals surface area (Å²) in [5, 5.41) is 5.41. The summed E-state index contributed by atoms with van der Waals surface area (Å²) in [6, 6.07) is 14.7. The van der Waals surface area contributed by atoms with Crippen molar-refractivity contribution >= 4 is 17.6 Å². The smallest absolute Gasteiger partial charge is 0.318 e. The molecule has 0 radical (unpaired) electrons. The van der Waals surface area contributed by atoms with Crippen molar-refractivity contribution in [3.05, 3.63) is 66.0 Å². The summed E-state index contributed by atoms with van der Waals surface area (Å²) < 4.78 is 13.7. The highest BCUT2D eigenvalue weighted by Crippen LogP contribution is 2.20. The lowest BCUT2D eigenvalue weighted by Crippen LogP contribution is -2.47. The van der Waals surface area contributed by atoms with E-state index in [0.29, 0.717) is 19.5 Å². The standard InChI is InChI=1S/C19H20FN3O2/c20-15-9-4-5-10-16(15)22-18(24)17-11-6-12-23(17)19(25)21-13-14-7-2-1-3-8-14/h1-5,7-10,17H,6,11-13H2,(H,21,25)(H,22,24)/t17-/m1/s1. The molecule has 0 bridgehead atoms. The Bertz CT molecular complexity index is 751. The maximum absolute atomic E-state index is 13.7. The molecule has 3 amide bonds. The molecule has 1 saturated heterocycles. The van der Waals surface area contributed by atoms with E-state index in [1.54, 1.807) is 12.1 Å². The summed E-state index contributed by atoms with van der Waals surface area (Å²) in [4.78, 5) is 26.4. The van der Waals surface area contributed by atoms with Gasteiger partial charge in [-0.1, -0.05) is 42.5 Å². The van der Waals surface area contributed by atoms with E-state index in [2.05, 4.69) is 10.6 Å². The summed E-state index contributed by atoms with van der Waals surface area (Å²) in [6.07, 6.45) is 1.31. The third kappa shape index (κ3) is 4.15. The molecule has 0 aliphatic carbocycles. The molecule has 0 aromatic heterocycles. The molecule has 2 N–H and O–H groups in total. The number of para-hydroxylation sites is 1. The maximum atomic E-state index is 13.7. The fourth-order valence-electron chi connectivity index (χ4n) is 2.94. The zero-order chi connectivity index (χ0) is 17.6. The van der Waals surface area contributed by atoms with Crippen LogP contribution in [0.2, 0.25) is 0 Å². The van der Waals surface area contributed by atoms with Crippen LogP contribution in [-0.4, -0.2) is 29.4 Å². The van der Waals surface area contributed by atoms with Gasteiger partial charge in [0.05, 0.1) is 5.69 Å². The van der Waals surface area contributed by atoms with Gasteiger partial charge in [-0.15, -0.1) is 0 Å². The first-order valence-electron chi connectivity index (χ1n) is 8.29. The van der Waals surface area contributed by atoms with Crippen molar-refractivity contribution in [3.8, 4) is 0 Å². The van der Waals surface area contributed by atoms with E-state index in [1.165, 1.54) is 17.0 Å². The molecule has 2 aromatic rings. The number of carbonyl (C=O) groups is 2. The van der Waals surface area contributed by atoms with Gasteiger partial charge in [0.25, 0.3) is 0 Å². The molecule has 1 fully saturated rings. The average Bonchev–Trinajstić information content (AvgIpc) is 3.12. The number of urea groups is 1. The number of halogens is 1. The van der Waals surface area contributed by atoms with Gasteiger partial charge in [0.1, 0.15) is 11.9 Å². The highest BCUT2D eigenvalue weighted by molar-refractivity contribution is 5.97. The molecular formula is C19H20FN3O2. The Labute approximate surface area is 145 Å². The molecular weight excluding hydrogens is 321 g/mol. The van der Waals surface area contributed by atoms with Crippen LogP contribution in [0.5, 0.6) is 0 Å². The van der Waals surface area contributed by atoms with Gasteiger partial charge in [-0.05, 0) is 30.5 Å². The fourth-order valence-corrected chi connectivity index (χ4v) is 2.94. The number of nitrogens with zero attached hydrogens (tertiary/aromatic N) is 1. The number of amides is 3. The molecule has 0 spiro atoms. The lowest BCUT2D eigenvalue weighted by molar-refractivity contribution is -0.119. The number of hydrogen-bond acceptors (Lipinski definition) is 2. The Kier molecular flexibility index (Phi) is 5.28. The quantitative estimate of drug-likeness (QED) is 0.897. The van der Waals surface area contributed by atoms with Crippen LogP contribution in [0.25, 0.3) is 0 Å². The summed E-state index contributed by atoms with van der Waals surface area (Å²) in [6.45, 7) is 0.911. The van der Waals surface area contributed by atoms with Gasteiger partial charge in [-0.2, -0.15) is 0 Å². The molecule has 0 saturated carbocycles. The van der Waals surface area contributed by atoms with Crippen LogP contribution >= 0.6 is 0 Å². The lowest BCUT2D eigenvalue weighted by Gasteiger charge is -2.24. The second-order valence-corrected chi connectivity index (χ2v) is 5.96. The van der Waals surface area contributed by atoms with E-state index >= 15 is 0 Å². The molecule has 1 aliphatic rings. The third-order valence-electron chi connectivity index (χ3n) is 4.23. The van der Waals surface area contributed by atoms with Crippen molar-refractivity contribution < 1.29 is 14.0 Å². The van der Waals surface area contributed by atoms with Crippen LogP contribution in [-0.2, 0) is 11.3 Å². The lowest BCUT2D eigenvalue weighted by atomic mass is 10.2. The van der Waals surface area contributed by atoms with E-state index in [4.69, 9.17) is 0 Å². The van der Waals surface area contributed by atoms with Gasteiger partial charge in [-0.3, -0.25) is 4.79 Å². The highest BCUT2D eigenvalue weighted by Gasteiger charge is 2.34. The van der Waals surface area contributed by atoms with Crippen molar-refractivity contribution in [1.82, 2.24) is 10.2 Å². The number of hydrogen-bond donors (Lipinski definition) is 2. The van der Waals surface area contributed by atoms with E-state index < -0.39 is 11.9 Å². The Hall–Kier alpha value is -2.89. The van der Waals surface area contributed by atoms with E-state index in [-0.39, 0.29) is 17.6 Å². The van der Waals surface area contributed by atoms with Crippen LogP contribution < -0.4 is 10.6 Å². The molecule has 2 aromatic carbocycles. The average molecular weight is 341 g/mol. The van der Waals surface area contributed by atoms with Gasteiger partial charge >= 0.3 is 6.03 Å². The largest absolute Gasteiger partial charge is 0.334 e. The van der Waals surface area contributed by atoms with Gasteiger partial charge in [0.2, 0.25) is 5.91 Å². The number of likely N-dealkylation sites (tertiary alicyclic amines) is 1. The number of rotatable bonds is 4. The van der Waals surface area contributed by atoms with Crippen molar-refractivity contribution in [2.45, 2.75) is 25.4 Å². The van der Waals surface area contributed by atoms with Crippen LogP contribution in [0, 0.1) is 5.82 Å². The van der Waals surface area contributed by atoms with Crippen molar-refractivity contribution in [2.24, 2.45) is 0 Å². The number of anilines is 1. The predicted octanol–water partition coefficient (Wildman–Crippen LogP) is 3.14. The third-order valence-corrected chi connectivity index (χ3v) is 4.23. The minimum atomic E-state index is -0.588. The summed E-state index contributed by atoms with van der Waals surface area (Å²) in [7, 11) is 0. The van der Waals surface area contributed by atoms with Gasteiger partial charge in [0.15, 0.2) is 0 Å².